The molecule has 0 saturated heterocycles. The summed E-state index contributed by atoms with van der Waals surface area (Å²) in [5, 5.41) is 3.49. The SMILES string of the molecule is CCCN(CCC)C(CNCC)C(C)C. The van der Waals surface area contributed by atoms with E-state index in [9.17, 15) is 0 Å². The molecule has 0 amide bonds. The summed E-state index contributed by atoms with van der Waals surface area (Å²) >= 11 is 0. The molecule has 0 aromatic carbocycles. The van der Waals surface area contributed by atoms with Crippen LogP contribution in [0.1, 0.15) is 47.5 Å². The van der Waals surface area contributed by atoms with Crippen LogP contribution in [0.4, 0.5) is 0 Å². The summed E-state index contributed by atoms with van der Waals surface area (Å²) in [4.78, 5) is 2.65. The first-order chi connectivity index (χ1) is 7.17. The quantitative estimate of drug-likeness (QED) is 0.635. The molecule has 0 saturated carbocycles. The van der Waals surface area contributed by atoms with Crippen molar-refractivity contribution in [3.05, 3.63) is 0 Å². The molecule has 0 aliphatic rings. The summed E-state index contributed by atoms with van der Waals surface area (Å²) in [6, 6.07) is 0.699. The van der Waals surface area contributed by atoms with E-state index < -0.39 is 0 Å². The second kappa shape index (κ2) is 9.17. The van der Waals surface area contributed by atoms with Crippen LogP contribution in [0.15, 0.2) is 0 Å². The molecule has 0 aromatic rings. The summed E-state index contributed by atoms with van der Waals surface area (Å²) in [6.07, 6.45) is 2.52. The molecule has 0 rings (SSSR count). The van der Waals surface area contributed by atoms with Crippen molar-refractivity contribution in [3.8, 4) is 0 Å². The highest BCUT2D eigenvalue weighted by atomic mass is 15.2. The van der Waals surface area contributed by atoms with Crippen LogP contribution in [-0.2, 0) is 0 Å². The lowest BCUT2D eigenvalue weighted by Crippen LogP contribution is -2.46. The predicted octanol–water partition coefficient (Wildman–Crippen LogP) is 2.74. The van der Waals surface area contributed by atoms with Crippen LogP contribution in [0.2, 0.25) is 0 Å². The molecule has 0 aliphatic carbocycles. The Morgan fingerprint density at radius 1 is 1.00 bits per heavy atom. The van der Waals surface area contributed by atoms with Gasteiger partial charge < -0.3 is 5.32 Å². The minimum atomic E-state index is 0.699. The van der Waals surface area contributed by atoms with Gasteiger partial charge in [-0.25, -0.2) is 0 Å². The van der Waals surface area contributed by atoms with Gasteiger partial charge in [-0.2, -0.15) is 0 Å². The Balaban J connectivity index is 4.23. The number of hydrogen-bond acceptors (Lipinski definition) is 2. The average molecular weight is 214 g/mol. The van der Waals surface area contributed by atoms with Crippen LogP contribution in [0.3, 0.4) is 0 Å². The molecule has 0 bridgehead atoms. The van der Waals surface area contributed by atoms with Gasteiger partial charge in [0.05, 0.1) is 0 Å². The van der Waals surface area contributed by atoms with Crippen molar-refractivity contribution in [1.82, 2.24) is 10.2 Å². The highest BCUT2D eigenvalue weighted by Crippen LogP contribution is 2.11. The molecule has 2 nitrogen and oxygen atoms in total. The van der Waals surface area contributed by atoms with E-state index in [1.807, 2.05) is 0 Å². The van der Waals surface area contributed by atoms with Crippen molar-refractivity contribution in [2.45, 2.75) is 53.5 Å². The van der Waals surface area contributed by atoms with E-state index in [1.165, 1.54) is 25.9 Å². The zero-order valence-corrected chi connectivity index (χ0v) is 11.3. The Bertz CT molecular complexity index is 128. The maximum absolute atomic E-state index is 3.49. The Hall–Kier alpha value is -0.0800. The number of rotatable bonds is 9. The highest BCUT2D eigenvalue weighted by Gasteiger charge is 2.19. The summed E-state index contributed by atoms with van der Waals surface area (Å²) < 4.78 is 0. The van der Waals surface area contributed by atoms with Crippen molar-refractivity contribution in [3.63, 3.8) is 0 Å². The summed E-state index contributed by atoms with van der Waals surface area (Å²) in [7, 11) is 0. The van der Waals surface area contributed by atoms with Crippen LogP contribution in [0.5, 0.6) is 0 Å². The Morgan fingerprint density at radius 2 is 1.53 bits per heavy atom. The molecule has 2 heteroatoms. The molecule has 1 N–H and O–H groups in total. The number of likely N-dealkylation sites (N-methyl/N-ethyl adjacent to an activating group) is 1. The summed E-state index contributed by atoms with van der Waals surface area (Å²) in [5.74, 6) is 0.738. The normalized spacial score (nSPS) is 13.8. The van der Waals surface area contributed by atoms with Crippen molar-refractivity contribution < 1.29 is 0 Å². The molecule has 1 unspecified atom stereocenters. The number of hydrogen-bond donors (Lipinski definition) is 1. The van der Waals surface area contributed by atoms with Crippen molar-refractivity contribution in [2.24, 2.45) is 5.92 Å². The monoisotopic (exact) mass is 214 g/mol. The van der Waals surface area contributed by atoms with Gasteiger partial charge in [0.25, 0.3) is 0 Å². The van der Waals surface area contributed by atoms with Gasteiger partial charge in [-0.3, -0.25) is 4.90 Å². The van der Waals surface area contributed by atoms with Crippen LogP contribution in [0, 0.1) is 5.92 Å². The fraction of sp³-hybridized carbons (Fsp3) is 1.00. The molecule has 0 spiro atoms. The van der Waals surface area contributed by atoms with E-state index in [1.54, 1.807) is 0 Å². The van der Waals surface area contributed by atoms with Crippen LogP contribution >= 0.6 is 0 Å². The fourth-order valence-electron chi connectivity index (χ4n) is 2.10. The van der Waals surface area contributed by atoms with Crippen LogP contribution in [0.25, 0.3) is 0 Å². The van der Waals surface area contributed by atoms with Crippen molar-refractivity contribution >= 4 is 0 Å². The summed E-state index contributed by atoms with van der Waals surface area (Å²) in [6.45, 7) is 16.1. The fourth-order valence-corrected chi connectivity index (χ4v) is 2.10. The second-order valence-electron chi connectivity index (χ2n) is 4.66. The molecule has 0 radical (unpaired) electrons. The number of nitrogens with one attached hydrogen (secondary N) is 1. The third-order valence-electron chi connectivity index (χ3n) is 2.86. The van der Waals surface area contributed by atoms with Gasteiger partial charge in [0, 0.05) is 12.6 Å². The minimum Gasteiger partial charge on any atom is -0.315 e. The molecule has 1 atom stereocenters. The lowest BCUT2D eigenvalue weighted by molar-refractivity contribution is 0.152. The first-order valence-corrected chi connectivity index (χ1v) is 6.62. The Morgan fingerprint density at radius 3 is 1.87 bits per heavy atom. The third-order valence-corrected chi connectivity index (χ3v) is 2.86. The first kappa shape index (κ1) is 14.9. The smallest absolute Gasteiger partial charge is 0.0243 e. The zero-order chi connectivity index (χ0) is 11.7. The molecular formula is C13H30N2. The van der Waals surface area contributed by atoms with Crippen LogP contribution < -0.4 is 5.32 Å². The van der Waals surface area contributed by atoms with Gasteiger partial charge in [0.2, 0.25) is 0 Å². The predicted molar refractivity (Wildman–Crippen MR) is 69.3 cm³/mol. The topological polar surface area (TPSA) is 15.3 Å². The van der Waals surface area contributed by atoms with Gasteiger partial charge in [0.15, 0.2) is 0 Å². The molecule has 0 heterocycles. The van der Waals surface area contributed by atoms with Gasteiger partial charge in [-0.15, -0.1) is 0 Å². The molecule has 15 heavy (non-hydrogen) atoms. The molecule has 0 aromatic heterocycles. The number of nitrogens with zero attached hydrogens (tertiary/aromatic N) is 1. The highest BCUT2D eigenvalue weighted by molar-refractivity contribution is 4.76. The molecule has 0 fully saturated rings. The van der Waals surface area contributed by atoms with E-state index in [0.717, 1.165) is 19.0 Å². The molecular weight excluding hydrogens is 184 g/mol. The van der Waals surface area contributed by atoms with E-state index in [-0.39, 0.29) is 0 Å². The lowest BCUT2D eigenvalue weighted by Gasteiger charge is -2.34. The van der Waals surface area contributed by atoms with E-state index in [4.69, 9.17) is 0 Å². The molecule has 92 valence electrons. The van der Waals surface area contributed by atoms with Crippen molar-refractivity contribution in [2.75, 3.05) is 26.2 Å². The standard InChI is InChI=1S/C13H30N2/c1-6-9-15(10-7-2)13(12(4)5)11-14-8-3/h12-14H,6-11H2,1-5H3. The van der Waals surface area contributed by atoms with E-state index in [0.29, 0.717) is 6.04 Å². The maximum Gasteiger partial charge on any atom is 0.0243 e. The second-order valence-corrected chi connectivity index (χ2v) is 4.66. The van der Waals surface area contributed by atoms with Gasteiger partial charge in [0.1, 0.15) is 0 Å². The molecule has 0 aliphatic heterocycles. The average Bonchev–Trinajstić information content (AvgIpc) is 2.18. The largest absolute Gasteiger partial charge is 0.315 e. The maximum atomic E-state index is 3.49. The summed E-state index contributed by atoms with van der Waals surface area (Å²) in [5.41, 5.74) is 0. The lowest BCUT2D eigenvalue weighted by atomic mass is 10.0. The third kappa shape index (κ3) is 6.16. The Kier molecular flexibility index (Phi) is 9.12. The minimum absolute atomic E-state index is 0.699. The van der Waals surface area contributed by atoms with Gasteiger partial charge in [-0.05, 0) is 38.4 Å². The van der Waals surface area contributed by atoms with Gasteiger partial charge >= 0.3 is 0 Å². The Labute approximate surface area is 96.4 Å². The van der Waals surface area contributed by atoms with Gasteiger partial charge in [-0.1, -0.05) is 34.6 Å². The van der Waals surface area contributed by atoms with E-state index >= 15 is 0 Å². The van der Waals surface area contributed by atoms with Crippen molar-refractivity contribution in [1.29, 1.82) is 0 Å². The van der Waals surface area contributed by atoms with E-state index in [2.05, 4.69) is 44.8 Å². The zero-order valence-electron chi connectivity index (χ0n) is 11.3. The van der Waals surface area contributed by atoms with Crippen LogP contribution in [-0.4, -0.2) is 37.1 Å². The first-order valence-electron chi connectivity index (χ1n) is 6.62.